The van der Waals surface area contributed by atoms with Crippen LogP contribution in [-0.4, -0.2) is 73.5 Å². The van der Waals surface area contributed by atoms with Crippen LogP contribution in [0.2, 0.25) is 0 Å². The van der Waals surface area contributed by atoms with Crippen molar-refractivity contribution in [2.75, 3.05) is 46.4 Å². The topological polar surface area (TPSA) is 35.9 Å². The Hall–Kier alpha value is -0.160. The van der Waals surface area contributed by atoms with Gasteiger partial charge >= 0.3 is 0 Å². The van der Waals surface area contributed by atoms with Gasteiger partial charge in [-0.3, -0.25) is 0 Å². The zero-order chi connectivity index (χ0) is 12.8. The molecule has 0 saturated carbocycles. The highest BCUT2D eigenvalue weighted by Crippen LogP contribution is 2.20. The maximum Gasteiger partial charge on any atom is 0.0900 e. The van der Waals surface area contributed by atoms with Gasteiger partial charge in [-0.05, 0) is 51.9 Å². The lowest BCUT2D eigenvalue weighted by molar-refractivity contribution is 0.0215. The summed E-state index contributed by atoms with van der Waals surface area (Å²) in [6.07, 6.45) is 6.37. The fourth-order valence-electron chi connectivity index (χ4n) is 3.29. The number of hydrogen-bond donors (Lipinski definition) is 1. The predicted octanol–water partition coefficient (Wildman–Crippen LogP) is 0.944. The molecule has 0 bridgehead atoms. The molecule has 2 saturated heterocycles. The number of aliphatic hydroxyl groups is 1. The van der Waals surface area contributed by atoms with Crippen molar-refractivity contribution in [2.45, 2.75) is 44.2 Å². The number of aliphatic hydroxyl groups excluding tert-OH is 1. The first-order valence-electron chi connectivity index (χ1n) is 7.43. The molecule has 0 amide bonds. The minimum Gasteiger partial charge on any atom is -0.389 e. The maximum atomic E-state index is 9.74. The first-order valence-corrected chi connectivity index (χ1v) is 7.43. The lowest BCUT2D eigenvalue weighted by Gasteiger charge is -2.40. The van der Waals surface area contributed by atoms with Crippen molar-refractivity contribution >= 4 is 0 Å². The fraction of sp³-hybridized carbons (Fsp3) is 1.00. The van der Waals surface area contributed by atoms with Crippen LogP contribution in [0.15, 0.2) is 0 Å². The smallest absolute Gasteiger partial charge is 0.0900 e. The van der Waals surface area contributed by atoms with E-state index in [2.05, 4.69) is 9.80 Å². The van der Waals surface area contributed by atoms with Gasteiger partial charge in [-0.25, -0.2) is 0 Å². The fourth-order valence-corrected chi connectivity index (χ4v) is 3.29. The molecule has 1 N–H and O–H groups in total. The summed E-state index contributed by atoms with van der Waals surface area (Å²) < 4.78 is 4.98. The van der Waals surface area contributed by atoms with Gasteiger partial charge in [-0.1, -0.05) is 6.42 Å². The number of ether oxygens (including phenoxy) is 1. The van der Waals surface area contributed by atoms with Crippen LogP contribution >= 0.6 is 0 Å². The lowest BCUT2D eigenvalue weighted by atomic mass is 10.00. The van der Waals surface area contributed by atoms with E-state index in [1.54, 1.807) is 7.11 Å². The van der Waals surface area contributed by atoms with Gasteiger partial charge in [0.2, 0.25) is 0 Å². The highest BCUT2D eigenvalue weighted by atomic mass is 16.5. The number of rotatable bonds is 5. The average molecular weight is 256 g/mol. The van der Waals surface area contributed by atoms with Crippen LogP contribution in [0, 0.1) is 0 Å². The summed E-state index contributed by atoms with van der Waals surface area (Å²) in [5.41, 5.74) is 0. The Balaban J connectivity index is 1.67. The van der Waals surface area contributed by atoms with Crippen LogP contribution in [-0.2, 0) is 4.74 Å². The van der Waals surface area contributed by atoms with Crippen molar-refractivity contribution in [2.24, 2.45) is 0 Å². The van der Waals surface area contributed by atoms with E-state index in [9.17, 15) is 5.11 Å². The predicted molar refractivity (Wildman–Crippen MR) is 72.8 cm³/mol. The van der Waals surface area contributed by atoms with Gasteiger partial charge in [-0.15, -0.1) is 0 Å². The molecular formula is C14H28N2O2. The minimum absolute atomic E-state index is 0.332. The van der Waals surface area contributed by atoms with Gasteiger partial charge in [-0.2, -0.15) is 0 Å². The number of nitrogens with zero attached hydrogens (tertiary/aromatic N) is 2. The van der Waals surface area contributed by atoms with Gasteiger partial charge in [0.05, 0.1) is 12.7 Å². The molecule has 18 heavy (non-hydrogen) atoms. The molecule has 0 aromatic carbocycles. The highest BCUT2D eigenvalue weighted by molar-refractivity contribution is 4.82. The first kappa shape index (κ1) is 14.3. The van der Waals surface area contributed by atoms with Crippen molar-refractivity contribution in [1.82, 2.24) is 9.80 Å². The van der Waals surface area contributed by atoms with E-state index in [0.717, 1.165) is 25.7 Å². The summed E-state index contributed by atoms with van der Waals surface area (Å²) in [4.78, 5) is 5.07. The number of methoxy groups -OCH3 is 1. The van der Waals surface area contributed by atoms with E-state index in [1.165, 1.54) is 45.2 Å². The van der Waals surface area contributed by atoms with E-state index in [-0.39, 0.29) is 6.10 Å². The molecule has 2 rings (SSSR count). The van der Waals surface area contributed by atoms with Crippen molar-refractivity contribution < 1.29 is 9.84 Å². The van der Waals surface area contributed by atoms with E-state index >= 15 is 0 Å². The molecular weight excluding hydrogens is 228 g/mol. The molecule has 106 valence electrons. The van der Waals surface area contributed by atoms with Gasteiger partial charge in [0.25, 0.3) is 0 Å². The lowest BCUT2D eigenvalue weighted by Crippen LogP contribution is -2.48. The highest BCUT2D eigenvalue weighted by Gasteiger charge is 2.26. The SMILES string of the molecule is COCC(O)CN1CCC(N2CCCCC2)CC1. The molecule has 2 aliphatic rings. The number of likely N-dealkylation sites (tertiary alicyclic amines) is 2. The van der Waals surface area contributed by atoms with Gasteiger partial charge in [0.1, 0.15) is 0 Å². The zero-order valence-electron chi connectivity index (χ0n) is 11.7. The Morgan fingerprint density at radius 2 is 1.78 bits per heavy atom. The third-order valence-corrected chi connectivity index (χ3v) is 4.29. The molecule has 0 spiro atoms. The van der Waals surface area contributed by atoms with Crippen LogP contribution in [0.25, 0.3) is 0 Å². The average Bonchev–Trinajstić information content (AvgIpc) is 2.41. The third kappa shape index (κ3) is 4.19. The Bertz CT molecular complexity index is 224. The summed E-state index contributed by atoms with van der Waals surface area (Å²) in [5, 5.41) is 9.74. The van der Waals surface area contributed by atoms with Crippen LogP contribution in [0.4, 0.5) is 0 Å². The van der Waals surface area contributed by atoms with Crippen LogP contribution in [0.3, 0.4) is 0 Å². The maximum absolute atomic E-state index is 9.74. The Morgan fingerprint density at radius 1 is 1.11 bits per heavy atom. The molecule has 0 radical (unpaired) electrons. The zero-order valence-corrected chi connectivity index (χ0v) is 11.7. The molecule has 2 aliphatic heterocycles. The normalized spacial score (nSPS) is 26.3. The van der Waals surface area contributed by atoms with Crippen molar-refractivity contribution in [3.8, 4) is 0 Å². The van der Waals surface area contributed by atoms with Gasteiger partial charge < -0.3 is 19.6 Å². The summed E-state index contributed by atoms with van der Waals surface area (Å²) in [7, 11) is 1.64. The molecule has 2 heterocycles. The largest absolute Gasteiger partial charge is 0.389 e. The molecule has 2 fully saturated rings. The molecule has 4 heteroatoms. The molecule has 0 aliphatic carbocycles. The summed E-state index contributed by atoms with van der Waals surface area (Å²) in [6, 6.07) is 0.793. The van der Waals surface area contributed by atoms with Crippen molar-refractivity contribution in [3.63, 3.8) is 0 Å². The van der Waals surface area contributed by atoms with Crippen LogP contribution in [0.1, 0.15) is 32.1 Å². The molecule has 0 aromatic rings. The summed E-state index contributed by atoms with van der Waals surface area (Å²) in [6.45, 7) is 6.07. The summed E-state index contributed by atoms with van der Waals surface area (Å²) in [5.74, 6) is 0. The Morgan fingerprint density at radius 3 is 2.39 bits per heavy atom. The number of piperidine rings is 2. The van der Waals surface area contributed by atoms with E-state index in [1.807, 2.05) is 0 Å². The van der Waals surface area contributed by atoms with E-state index in [0.29, 0.717) is 6.61 Å². The second-order valence-corrected chi connectivity index (χ2v) is 5.74. The molecule has 1 unspecified atom stereocenters. The monoisotopic (exact) mass is 256 g/mol. The molecule has 4 nitrogen and oxygen atoms in total. The van der Waals surface area contributed by atoms with Gasteiger partial charge in [0.15, 0.2) is 0 Å². The van der Waals surface area contributed by atoms with Crippen molar-refractivity contribution in [3.05, 3.63) is 0 Å². The van der Waals surface area contributed by atoms with Crippen LogP contribution < -0.4 is 0 Å². The summed E-state index contributed by atoms with van der Waals surface area (Å²) >= 11 is 0. The second kappa shape index (κ2) is 7.43. The Labute approximate surface area is 111 Å². The minimum atomic E-state index is -0.332. The molecule has 0 aromatic heterocycles. The molecule has 1 atom stereocenters. The number of β-amino-alcohol motifs (C(OH)–C–C–N with tert-alkyl or cyclic N) is 1. The standard InChI is InChI=1S/C14H28N2O2/c1-18-12-14(17)11-15-9-5-13(6-10-15)16-7-3-2-4-8-16/h13-14,17H,2-12H2,1H3. The van der Waals surface area contributed by atoms with E-state index in [4.69, 9.17) is 4.74 Å². The number of hydrogen-bond acceptors (Lipinski definition) is 4. The van der Waals surface area contributed by atoms with Crippen LogP contribution in [0.5, 0.6) is 0 Å². The van der Waals surface area contributed by atoms with Gasteiger partial charge in [0, 0.05) is 19.7 Å². The van der Waals surface area contributed by atoms with E-state index < -0.39 is 0 Å². The quantitative estimate of drug-likeness (QED) is 0.794. The second-order valence-electron chi connectivity index (χ2n) is 5.74. The van der Waals surface area contributed by atoms with Crippen molar-refractivity contribution in [1.29, 1.82) is 0 Å². The first-order chi connectivity index (χ1) is 8.79. The third-order valence-electron chi connectivity index (χ3n) is 4.29. The Kier molecular flexibility index (Phi) is 5.89.